The Balaban J connectivity index is 2.19. The number of carbonyl (C=O) groups excluding carboxylic acids is 2. The Morgan fingerprint density at radius 1 is 1.19 bits per heavy atom. The lowest BCUT2D eigenvalue weighted by atomic mass is 10.1. The lowest BCUT2D eigenvalue weighted by Crippen LogP contribution is -2.25. The zero-order valence-electron chi connectivity index (χ0n) is 10.9. The van der Waals surface area contributed by atoms with Crippen molar-refractivity contribution in [2.45, 2.75) is 0 Å². The van der Waals surface area contributed by atoms with Crippen molar-refractivity contribution in [1.29, 1.82) is 0 Å². The second-order valence-electron chi connectivity index (χ2n) is 3.99. The summed E-state index contributed by atoms with van der Waals surface area (Å²) in [6, 6.07) is 9.47. The van der Waals surface area contributed by atoms with E-state index in [-0.39, 0.29) is 23.4 Å². The molecule has 2 amide bonds. The maximum Gasteiger partial charge on any atom is 0.291 e. The lowest BCUT2D eigenvalue weighted by molar-refractivity contribution is 0.0959. The molecule has 0 aliphatic heterocycles. The van der Waals surface area contributed by atoms with Crippen molar-refractivity contribution >= 4 is 29.1 Å². The van der Waals surface area contributed by atoms with Gasteiger partial charge in [-0.1, -0.05) is 18.1 Å². The van der Waals surface area contributed by atoms with Gasteiger partial charge >= 0.3 is 0 Å². The summed E-state index contributed by atoms with van der Waals surface area (Å²) in [4.78, 5) is 23.9. The Labute approximate surface area is 126 Å². The number of amides is 2. The highest BCUT2D eigenvalue weighted by Crippen LogP contribution is 2.18. The smallest absolute Gasteiger partial charge is 0.291 e. The number of furan rings is 1. The van der Waals surface area contributed by atoms with E-state index >= 15 is 0 Å². The molecule has 0 aliphatic rings. The molecule has 0 radical (unpaired) electrons. The molecule has 2 rings (SSSR count). The molecule has 0 aliphatic carbocycles. The highest BCUT2D eigenvalue weighted by Gasteiger charge is 2.15. The summed E-state index contributed by atoms with van der Waals surface area (Å²) < 4.78 is 5.01. The first-order valence-corrected chi connectivity index (χ1v) is 6.37. The molecule has 1 aromatic carbocycles. The van der Waals surface area contributed by atoms with Gasteiger partial charge in [0.2, 0.25) is 0 Å². The molecule has 0 fully saturated rings. The molecule has 0 unspecified atom stereocenters. The predicted molar refractivity (Wildman–Crippen MR) is 79.3 cm³/mol. The molecule has 1 heterocycles. The first-order chi connectivity index (χ1) is 10.1. The minimum absolute atomic E-state index is 0.0545. The van der Waals surface area contributed by atoms with Crippen LogP contribution in [-0.2, 0) is 0 Å². The maximum atomic E-state index is 12.0. The van der Waals surface area contributed by atoms with Crippen molar-refractivity contribution in [2.75, 3.05) is 11.9 Å². The van der Waals surface area contributed by atoms with Gasteiger partial charge in [-0.05, 0) is 35.9 Å². The molecule has 2 aromatic rings. The quantitative estimate of drug-likeness (QED) is 0.853. The van der Waals surface area contributed by atoms with Crippen LogP contribution in [0.3, 0.4) is 0 Å². The zero-order valence-corrected chi connectivity index (χ0v) is 11.6. The Morgan fingerprint density at radius 3 is 2.62 bits per heavy atom. The summed E-state index contributed by atoms with van der Waals surface area (Å²) in [5.41, 5.74) is 0.656. The average molecular weight is 303 g/mol. The van der Waals surface area contributed by atoms with Gasteiger partial charge in [-0.3, -0.25) is 9.59 Å². The maximum absolute atomic E-state index is 12.0. The molecule has 2 N–H and O–H groups in total. The van der Waals surface area contributed by atoms with Crippen molar-refractivity contribution in [1.82, 2.24) is 5.32 Å². The van der Waals surface area contributed by atoms with Crippen LogP contribution in [0.2, 0.25) is 5.22 Å². The Kier molecular flexibility index (Phi) is 4.64. The predicted octanol–water partition coefficient (Wildman–Crippen LogP) is 2.55. The van der Waals surface area contributed by atoms with E-state index in [1.165, 1.54) is 12.1 Å². The molecule has 21 heavy (non-hydrogen) atoms. The van der Waals surface area contributed by atoms with Gasteiger partial charge in [0.25, 0.3) is 11.8 Å². The number of carbonyl (C=O) groups is 2. The van der Waals surface area contributed by atoms with Crippen LogP contribution in [0.5, 0.6) is 0 Å². The van der Waals surface area contributed by atoms with E-state index in [1.54, 1.807) is 24.3 Å². The Bertz CT molecular complexity index is 716. The van der Waals surface area contributed by atoms with E-state index in [2.05, 4.69) is 16.6 Å². The molecule has 0 spiro atoms. The summed E-state index contributed by atoms with van der Waals surface area (Å²) in [6.45, 7) is 0.106. The van der Waals surface area contributed by atoms with Gasteiger partial charge in [-0.2, -0.15) is 0 Å². The van der Waals surface area contributed by atoms with Gasteiger partial charge in [0, 0.05) is 0 Å². The van der Waals surface area contributed by atoms with Crippen LogP contribution in [0.4, 0.5) is 5.69 Å². The van der Waals surface area contributed by atoms with E-state index in [1.807, 2.05) is 0 Å². The molecule has 0 bridgehead atoms. The van der Waals surface area contributed by atoms with Gasteiger partial charge in [0.15, 0.2) is 11.0 Å². The summed E-state index contributed by atoms with van der Waals surface area (Å²) >= 11 is 5.62. The van der Waals surface area contributed by atoms with Crippen LogP contribution in [0.1, 0.15) is 20.9 Å². The van der Waals surface area contributed by atoms with Gasteiger partial charge in [0.1, 0.15) is 0 Å². The molecule has 6 heteroatoms. The van der Waals surface area contributed by atoms with E-state index in [9.17, 15) is 9.59 Å². The third-order valence-corrected chi connectivity index (χ3v) is 2.77. The van der Waals surface area contributed by atoms with E-state index in [4.69, 9.17) is 22.4 Å². The first-order valence-electron chi connectivity index (χ1n) is 5.99. The molecule has 0 atom stereocenters. The number of nitrogens with one attached hydrogen (secondary N) is 2. The monoisotopic (exact) mass is 302 g/mol. The normalized spacial score (nSPS) is 9.71. The van der Waals surface area contributed by atoms with Crippen molar-refractivity contribution < 1.29 is 14.0 Å². The Hall–Kier alpha value is -2.71. The Morgan fingerprint density at radius 2 is 1.95 bits per heavy atom. The summed E-state index contributed by atoms with van der Waals surface area (Å²) in [5.74, 6) is 1.49. The van der Waals surface area contributed by atoms with Crippen LogP contribution in [0, 0.1) is 12.3 Å². The lowest BCUT2D eigenvalue weighted by Gasteiger charge is -2.09. The van der Waals surface area contributed by atoms with E-state index < -0.39 is 5.91 Å². The third-order valence-electron chi connectivity index (χ3n) is 2.57. The first kappa shape index (κ1) is 14.7. The minimum atomic E-state index is -0.501. The molecular weight excluding hydrogens is 292 g/mol. The number of rotatable bonds is 4. The number of halogens is 1. The van der Waals surface area contributed by atoms with Gasteiger partial charge in [-0.25, -0.2) is 0 Å². The summed E-state index contributed by atoms with van der Waals surface area (Å²) in [6.07, 6.45) is 5.09. The third kappa shape index (κ3) is 3.65. The topological polar surface area (TPSA) is 71.3 Å². The van der Waals surface area contributed by atoms with E-state index in [0.717, 1.165) is 0 Å². The highest BCUT2D eigenvalue weighted by atomic mass is 35.5. The second-order valence-corrected chi connectivity index (χ2v) is 4.36. The number of hydrogen-bond donors (Lipinski definition) is 2. The number of benzene rings is 1. The van der Waals surface area contributed by atoms with Crippen molar-refractivity contribution in [3.63, 3.8) is 0 Å². The number of terminal acetylenes is 1. The van der Waals surface area contributed by atoms with Crippen LogP contribution < -0.4 is 10.6 Å². The fraction of sp³-hybridized carbons (Fsp3) is 0.0667. The fourth-order valence-electron chi connectivity index (χ4n) is 1.64. The van der Waals surface area contributed by atoms with Crippen molar-refractivity contribution in [3.05, 3.63) is 52.9 Å². The standard InChI is InChI=1S/C15H11ClN2O3/c1-2-9-17-14(19)10-5-3-4-6-11(10)18-15(20)12-7-8-13(16)21-12/h1,3-8H,9H2,(H,17,19)(H,18,20). The summed E-state index contributed by atoms with van der Waals surface area (Å²) in [7, 11) is 0. The minimum Gasteiger partial charge on any atom is -0.440 e. The van der Waals surface area contributed by atoms with Crippen molar-refractivity contribution in [2.24, 2.45) is 0 Å². The zero-order chi connectivity index (χ0) is 15.2. The SMILES string of the molecule is C#CCNC(=O)c1ccccc1NC(=O)c1ccc(Cl)o1. The molecule has 1 aromatic heterocycles. The molecule has 5 nitrogen and oxygen atoms in total. The second kappa shape index (κ2) is 6.64. The van der Waals surface area contributed by atoms with E-state index in [0.29, 0.717) is 11.3 Å². The van der Waals surface area contributed by atoms with Crippen LogP contribution in [0.15, 0.2) is 40.8 Å². The highest BCUT2D eigenvalue weighted by molar-refractivity contribution is 6.29. The van der Waals surface area contributed by atoms with Crippen LogP contribution in [0.25, 0.3) is 0 Å². The number of anilines is 1. The number of para-hydroxylation sites is 1. The summed E-state index contributed by atoms with van der Waals surface area (Å²) in [5, 5.41) is 5.24. The van der Waals surface area contributed by atoms with Crippen LogP contribution >= 0.6 is 11.6 Å². The van der Waals surface area contributed by atoms with Crippen molar-refractivity contribution in [3.8, 4) is 12.3 Å². The molecule has 106 valence electrons. The van der Waals surface area contributed by atoms with Crippen LogP contribution in [-0.4, -0.2) is 18.4 Å². The van der Waals surface area contributed by atoms with Gasteiger partial charge < -0.3 is 15.1 Å². The van der Waals surface area contributed by atoms with Gasteiger partial charge in [0.05, 0.1) is 17.8 Å². The molecule has 0 saturated heterocycles. The molecular formula is C15H11ClN2O3. The van der Waals surface area contributed by atoms with Gasteiger partial charge in [-0.15, -0.1) is 6.42 Å². The number of hydrogen-bond acceptors (Lipinski definition) is 3. The molecule has 0 saturated carbocycles. The average Bonchev–Trinajstić information content (AvgIpc) is 2.92. The largest absolute Gasteiger partial charge is 0.440 e. The fourth-order valence-corrected chi connectivity index (χ4v) is 1.78.